The molecule has 1 aromatic rings. The summed E-state index contributed by atoms with van der Waals surface area (Å²) in [6.45, 7) is 0.379. The molecule has 1 fully saturated rings. The van der Waals surface area contributed by atoms with E-state index in [0.717, 1.165) is 12.8 Å². The third-order valence-corrected chi connectivity index (χ3v) is 3.08. The predicted octanol–water partition coefficient (Wildman–Crippen LogP) is 1.53. The number of aromatic hydroxyl groups is 1. The van der Waals surface area contributed by atoms with Crippen LogP contribution in [0.15, 0.2) is 12.1 Å². The van der Waals surface area contributed by atoms with Gasteiger partial charge in [-0.15, -0.1) is 0 Å². The Kier molecular flexibility index (Phi) is 2.31. The lowest BCUT2D eigenvalue weighted by atomic mass is 9.94. The highest BCUT2D eigenvalue weighted by Crippen LogP contribution is 2.52. The molecule has 1 saturated carbocycles. The Balaban J connectivity index is 2.57. The molecule has 0 aliphatic heterocycles. The zero-order valence-electron chi connectivity index (χ0n) is 8.59. The second kappa shape index (κ2) is 3.38. The van der Waals surface area contributed by atoms with E-state index in [4.69, 9.17) is 10.5 Å². The molecule has 0 radical (unpaired) electrons. The van der Waals surface area contributed by atoms with E-state index in [1.165, 1.54) is 13.2 Å². The number of methoxy groups -OCH3 is 1. The molecular formula is C11H14FNO2. The number of phenols is 1. The Labute approximate surface area is 87.7 Å². The second-order valence-corrected chi connectivity index (χ2v) is 3.96. The number of nitrogens with two attached hydrogens (primary N) is 1. The molecule has 1 aromatic carbocycles. The first-order valence-electron chi connectivity index (χ1n) is 4.90. The van der Waals surface area contributed by atoms with Gasteiger partial charge in [-0.2, -0.15) is 0 Å². The second-order valence-electron chi connectivity index (χ2n) is 3.96. The fraction of sp³-hybridized carbons (Fsp3) is 0.455. The van der Waals surface area contributed by atoms with Gasteiger partial charge in [0.05, 0.1) is 7.11 Å². The summed E-state index contributed by atoms with van der Waals surface area (Å²) in [7, 11) is 1.49. The lowest BCUT2D eigenvalue weighted by Gasteiger charge is -2.18. The molecule has 1 aliphatic rings. The Morgan fingerprint density at radius 3 is 2.67 bits per heavy atom. The van der Waals surface area contributed by atoms with Crippen LogP contribution in [0.5, 0.6) is 11.5 Å². The molecule has 0 bridgehead atoms. The molecule has 0 unspecified atom stereocenters. The molecule has 4 heteroatoms. The van der Waals surface area contributed by atoms with Gasteiger partial charge in [0.1, 0.15) is 5.75 Å². The summed E-state index contributed by atoms with van der Waals surface area (Å²) < 4.78 is 18.9. The van der Waals surface area contributed by atoms with E-state index in [1.807, 2.05) is 0 Å². The number of phenolic OH excluding ortho intramolecular Hbond substituents is 1. The quantitative estimate of drug-likeness (QED) is 0.797. The Bertz CT molecular complexity index is 388. The molecule has 0 heterocycles. The lowest BCUT2D eigenvalue weighted by Crippen LogP contribution is -2.22. The van der Waals surface area contributed by atoms with E-state index in [0.29, 0.717) is 17.9 Å². The van der Waals surface area contributed by atoms with Gasteiger partial charge in [-0.05, 0) is 25.0 Å². The topological polar surface area (TPSA) is 55.5 Å². The molecule has 0 aromatic heterocycles. The van der Waals surface area contributed by atoms with E-state index in [1.54, 1.807) is 6.07 Å². The Morgan fingerprint density at radius 1 is 1.53 bits per heavy atom. The number of hydrogen-bond donors (Lipinski definition) is 2. The highest BCUT2D eigenvalue weighted by Gasteiger charge is 2.47. The molecule has 0 atom stereocenters. The van der Waals surface area contributed by atoms with Crippen molar-refractivity contribution in [1.82, 2.24) is 0 Å². The highest BCUT2D eigenvalue weighted by atomic mass is 19.1. The van der Waals surface area contributed by atoms with Crippen molar-refractivity contribution in [3.63, 3.8) is 0 Å². The van der Waals surface area contributed by atoms with Gasteiger partial charge in [0.25, 0.3) is 0 Å². The van der Waals surface area contributed by atoms with Crippen molar-refractivity contribution in [3.05, 3.63) is 23.5 Å². The number of halogens is 1. The van der Waals surface area contributed by atoms with Crippen LogP contribution >= 0.6 is 0 Å². The van der Waals surface area contributed by atoms with E-state index < -0.39 is 5.82 Å². The summed E-state index contributed by atoms with van der Waals surface area (Å²) in [5.74, 6) is -0.476. The zero-order valence-corrected chi connectivity index (χ0v) is 8.59. The maximum Gasteiger partial charge on any atom is 0.172 e. The molecule has 82 valence electrons. The molecule has 1 aliphatic carbocycles. The molecule has 0 amide bonds. The van der Waals surface area contributed by atoms with E-state index in [9.17, 15) is 9.50 Å². The number of ether oxygens (including phenoxy) is 1. The third-order valence-electron chi connectivity index (χ3n) is 3.08. The number of benzene rings is 1. The van der Waals surface area contributed by atoms with Crippen LogP contribution < -0.4 is 10.5 Å². The molecule has 15 heavy (non-hydrogen) atoms. The van der Waals surface area contributed by atoms with Crippen molar-refractivity contribution in [1.29, 1.82) is 0 Å². The summed E-state index contributed by atoms with van der Waals surface area (Å²) >= 11 is 0. The maximum atomic E-state index is 13.8. The standard InChI is InChI=1S/C11H14FNO2/c1-15-8-3-2-7(14)10(12)9(8)11(6-13)4-5-11/h2-3,14H,4-6,13H2,1H3. The number of hydrogen-bond acceptors (Lipinski definition) is 3. The first-order valence-corrected chi connectivity index (χ1v) is 4.90. The Morgan fingerprint density at radius 2 is 2.20 bits per heavy atom. The van der Waals surface area contributed by atoms with Gasteiger partial charge < -0.3 is 15.6 Å². The van der Waals surface area contributed by atoms with Crippen LogP contribution in [0.4, 0.5) is 4.39 Å². The van der Waals surface area contributed by atoms with Crippen LogP contribution in [0.25, 0.3) is 0 Å². The van der Waals surface area contributed by atoms with Crippen molar-refractivity contribution >= 4 is 0 Å². The van der Waals surface area contributed by atoms with Crippen LogP contribution in [0.3, 0.4) is 0 Å². The number of rotatable bonds is 3. The van der Waals surface area contributed by atoms with E-state index in [-0.39, 0.29) is 11.2 Å². The van der Waals surface area contributed by atoms with Crippen LogP contribution in [0.2, 0.25) is 0 Å². The van der Waals surface area contributed by atoms with Crippen molar-refractivity contribution in [2.75, 3.05) is 13.7 Å². The van der Waals surface area contributed by atoms with Gasteiger partial charge in [-0.3, -0.25) is 0 Å². The van der Waals surface area contributed by atoms with Gasteiger partial charge in [0, 0.05) is 17.5 Å². The minimum atomic E-state index is -0.600. The van der Waals surface area contributed by atoms with Crippen molar-refractivity contribution in [2.24, 2.45) is 5.73 Å². The molecule has 2 rings (SSSR count). The first-order chi connectivity index (χ1) is 7.14. The minimum absolute atomic E-state index is 0.325. The highest BCUT2D eigenvalue weighted by molar-refractivity contribution is 5.49. The van der Waals surface area contributed by atoms with Crippen molar-refractivity contribution < 1.29 is 14.2 Å². The lowest BCUT2D eigenvalue weighted by molar-refractivity contribution is 0.382. The summed E-state index contributed by atoms with van der Waals surface area (Å²) in [5, 5.41) is 9.34. The largest absolute Gasteiger partial charge is 0.505 e. The summed E-state index contributed by atoms with van der Waals surface area (Å²) in [4.78, 5) is 0. The van der Waals surface area contributed by atoms with Gasteiger partial charge >= 0.3 is 0 Å². The first kappa shape index (κ1) is 10.2. The summed E-state index contributed by atoms with van der Waals surface area (Å²) in [6, 6.07) is 2.87. The normalized spacial score (nSPS) is 17.5. The van der Waals surface area contributed by atoms with Crippen LogP contribution in [0.1, 0.15) is 18.4 Å². The van der Waals surface area contributed by atoms with Crippen LogP contribution in [-0.2, 0) is 5.41 Å². The van der Waals surface area contributed by atoms with Gasteiger partial charge in [-0.25, -0.2) is 4.39 Å². The minimum Gasteiger partial charge on any atom is -0.505 e. The smallest absolute Gasteiger partial charge is 0.172 e. The van der Waals surface area contributed by atoms with Crippen molar-refractivity contribution in [3.8, 4) is 11.5 Å². The van der Waals surface area contributed by atoms with Gasteiger partial charge in [0.15, 0.2) is 11.6 Å². The van der Waals surface area contributed by atoms with E-state index in [2.05, 4.69) is 0 Å². The fourth-order valence-corrected chi connectivity index (χ4v) is 1.92. The molecular weight excluding hydrogens is 197 g/mol. The fourth-order valence-electron chi connectivity index (χ4n) is 1.92. The summed E-state index contributed by atoms with van der Waals surface area (Å²) in [5.41, 5.74) is 5.74. The van der Waals surface area contributed by atoms with E-state index >= 15 is 0 Å². The summed E-state index contributed by atoms with van der Waals surface area (Å²) in [6.07, 6.45) is 1.69. The zero-order chi connectivity index (χ0) is 11.1. The average molecular weight is 211 g/mol. The SMILES string of the molecule is COc1ccc(O)c(F)c1C1(CN)CC1. The molecule has 0 spiro atoms. The van der Waals surface area contributed by atoms with Crippen molar-refractivity contribution in [2.45, 2.75) is 18.3 Å². The monoisotopic (exact) mass is 211 g/mol. The van der Waals surface area contributed by atoms with Crippen LogP contribution in [-0.4, -0.2) is 18.8 Å². The Hall–Kier alpha value is -1.29. The molecule has 3 nitrogen and oxygen atoms in total. The third kappa shape index (κ3) is 1.45. The average Bonchev–Trinajstić information content (AvgIpc) is 3.02. The van der Waals surface area contributed by atoms with Gasteiger partial charge in [0.2, 0.25) is 0 Å². The predicted molar refractivity (Wildman–Crippen MR) is 54.6 cm³/mol. The molecule has 3 N–H and O–H groups in total. The molecule has 0 saturated heterocycles. The van der Waals surface area contributed by atoms with Gasteiger partial charge in [-0.1, -0.05) is 0 Å². The van der Waals surface area contributed by atoms with Crippen LogP contribution in [0, 0.1) is 5.82 Å². The maximum absolute atomic E-state index is 13.8.